The molecular weight excluding hydrogens is 232 g/mol. The van der Waals surface area contributed by atoms with Crippen LogP contribution in [0.5, 0.6) is 5.75 Å². The summed E-state index contributed by atoms with van der Waals surface area (Å²) in [6.07, 6.45) is 0.786. The number of rotatable bonds is 3. The zero-order chi connectivity index (χ0) is 9.84. The third kappa shape index (κ3) is 2.32. The Bertz CT molecular complexity index is 310. The van der Waals surface area contributed by atoms with Crippen molar-refractivity contribution >= 4 is 15.9 Å². The van der Waals surface area contributed by atoms with E-state index in [-0.39, 0.29) is 0 Å². The van der Waals surface area contributed by atoms with E-state index in [4.69, 9.17) is 4.74 Å². The highest BCUT2D eigenvalue weighted by molar-refractivity contribution is 9.10. The van der Waals surface area contributed by atoms with Crippen LogP contribution in [0.4, 0.5) is 0 Å². The molecule has 0 radical (unpaired) electrons. The Kier molecular flexibility index (Phi) is 3.51. The summed E-state index contributed by atoms with van der Waals surface area (Å²) >= 11 is 3.32. The first kappa shape index (κ1) is 10.3. The lowest BCUT2D eigenvalue weighted by atomic mass is 10.1. The van der Waals surface area contributed by atoms with E-state index >= 15 is 0 Å². The molecule has 0 spiro atoms. The number of aliphatic hydroxyl groups excluding tert-OH is 1. The van der Waals surface area contributed by atoms with Crippen LogP contribution >= 0.6 is 15.9 Å². The van der Waals surface area contributed by atoms with Gasteiger partial charge in [-0.05, 0) is 12.1 Å². The van der Waals surface area contributed by atoms with E-state index in [1.165, 1.54) is 6.08 Å². The van der Waals surface area contributed by atoms with Gasteiger partial charge in [-0.3, -0.25) is 0 Å². The standard InChI is InChI=1S/C10H11BrO2/c1-3-9(12)8-5-4-7(11)6-10(8)13-2/h3-6,9,12H,1H2,2H3. The van der Waals surface area contributed by atoms with Crippen LogP contribution in [0.25, 0.3) is 0 Å². The molecular formula is C10H11BrO2. The maximum absolute atomic E-state index is 9.52. The average molecular weight is 243 g/mol. The smallest absolute Gasteiger partial charge is 0.126 e. The van der Waals surface area contributed by atoms with Gasteiger partial charge in [0.15, 0.2) is 0 Å². The summed E-state index contributed by atoms with van der Waals surface area (Å²) in [6, 6.07) is 5.46. The second-order valence-electron chi connectivity index (χ2n) is 2.57. The molecule has 1 rings (SSSR count). The van der Waals surface area contributed by atoms with Crippen molar-refractivity contribution < 1.29 is 9.84 Å². The lowest BCUT2D eigenvalue weighted by Gasteiger charge is -2.11. The van der Waals surface area contributed by atoms with Gasteiger partial charge in [0, 0.05) is 10.0 Å². The molecule has 0 aliphatic heterocycles. The topological polar surface area (TPSA) is 29.5 Å². The average Bonchev–Trinajstić information content (AvgIpc) is 2.16. The summed E-state index contributed by atoms with van der Waals surface area (Å²) < 4.78 is 6.03. The molecule has 70 valence electrons. The molecule has 1 N–H and O–H groups in total. The fourth-order valence-corrected chi connectivity index (χ4v) is 1.40. The second-order valence-corrected chi connectivity index (χ2v) is 3.48. The van der Waals surface area contributed by atoms with Gasteiger partial charge >= 0.3 is 0 Å². The lowest BCUT2D eigenvalue weighted by Crippen LogP contribution is -1.97. The van der Waals surface area contributed by atoms with Crippen LogP contribution in [0.1, 0.15) is 11.7 Å². The molecule has 0 aliphatic carbocycles. The minimum absolute atomic E-state index is 0.654. The molecule has 1 aromatic carbocycles. The minimum Gasteiger partial charge on any atom is -0.496 e. The summed E-state index contributed by atoms with van der Waals surface area (Å²) in [6.45, 7) is 3.52. The van der Waals surface area contributed by atoms with Crippen molar-refractivity contribution in [1.29, 1.82) is 0 Å². The van der Waals surface area contributed by atoms with Crippen LogP contribution in [0, 0.1) is 0 Å². The maximum atomic E-state index is 9.52. The van der Waals surface area contributed by atoms with Crippen molar-refractivity contribution in [3.05, 3.63) is 40.9 Å². The number of methoxy groups -OCH3 is 1. The molecule has 0 saturated heterocycles. The van der Waals surface area contributed by atoms with Gasteiger partial charge in [0.05, 0.1) is 7.11 Å². The molecule has 0 aromatic heterocycles. The minimum atomic E-state index is -0.678. The Morgan fingerprint density at radius 1 is 1.62 bits per heavy atom. The highest BCUT2D eigenvalue weighted by Crippen LogP contribution is 2.28. The first-order valence-electron chi connectivity index (χ1n) is 3.83. The van der Waals surface area contributed by atoms with Crippen molar-refractivity contribution in [1.82, 2.24) is 0 Å². The fraction of sp³-hybridized carbons (Fsp3) is 0.200. The summed E-state index contributed by atoms with van der Waals surface area (Å²) in [5, 5.41) is 9.52. The Hall–Kier alpha value is -0.800. The molecule has 0 bridgehead atoms. The monoisotopic (exact) mass is 242 g/mol. The Morgan fingerprint density at radius 3 is 2.85 bits per heavy atom. The van der Waals surface area contributed by atoms with Crippen molar-refractivity contribution in [3.63, 3.8) is 0 Å². The van der Waals surface area contributed by atoms with E-state index in [1.807, 2.05) is 12.1 Å². The van der Waals surface area contributed by atoms with E-state index in [0.29, 0.717) is 5.75 Å². The predicted molar refractivity (Wildman–Crippen MR) is 55.9 cm³/mol. The fourth-order valence-electron chi connectivity index (χ4n) is 1.06. The number of ether oxygens (including phenoxy) is 1. The van der Waals surface area contributed by atoms with E-state index < -0.39 is 6.10 Å². The van der Waals surface area contributed by atoms with E-state index in [9.17, 15) is 5.11 Å². The van der Waals surface area contributed by atoms with Crippen LogP contribution in [0.3, 0.4) is 0 Å². The molecule has 3 heteroatoms. The number of hydrogen-bond donors (Lipinski definition) is 1. The third-order valence-corrected chi connectivity index (χ3v) is 2.23. The van der Waals surface area contributed by atoms with Gasteiger partial charge in [-0.1, -0.05) is 28.1 Å². The molecule has 13 heavy (non-hydrogen) atoms. The maximum Gasteiger partial charge on any atom is 0.126 e. The van der Waals surface area contributed by atoms with E-state index in [0.717, 1.165) is 10.0 Å². The quantitative estimate of drug-likeness (QED) is 0.827. The summed E-state index contributed by atoms with van der Waals surface area (Å²) in [4.78, 5) is 0. The molecule has 0 heterocycles. The van der Waals surface area contributed by atoms with Gasteiger partial charge in [0.1, 0.15) is 11.9 Å². The van der Waals surface area contributed by atoms with Crippen molar-refractivity contribution in [2.75, 3.05) is 7.11 Å². The molecule has 1 atom stereocenters. The Labute approximate surface area is 86.0 Å². The van der Waals surface area contributed by atoms with Crippen LogP contribution in [-0.4, -0.2) is 12.2 Å². The Morgan fingerprint density at radius 2 is 2.31 bits per heavy atom. The van der Waals surface area contributed by atoms with Gasteiger partial charge in [0.25, 0.3) is 0 Å². The highest BCUT2D eigenvalue weighted by atomic mass is 79.9. The van der Waals surface area contributed by atoms with Gasteiger partial charge in [-0.2, -0.15) is 0 Å². The van der Waals surface area contributed by atoms with Crippen molar-refractivity contribution in [2.24, 2.45) is 0 Å². The van der Waals surface area contributed by atoms with Crippen molar-refractivity contribution in [3.8, 4) is 5.75 Å². The van der Waals surface area contributed by atoms with Crippen LogP contribution in [-0.2, 0) is 0 Å². The van der Waals surface area contributed by atoms with Crippen molar-refractivity contribution in [2.45, 2.75) is 6.10 Å². The summed E-state index contributed by atoms with van der Waals surface area (Å²) in [5.41, 5.74) is 0.723. The van der Waals surface area contributed by atoms with E-state index in [2.05, 4.69) is 22.5 Å². The molecule has 0 fully saturated rings. The summed E-state index contributed by atoms with van der Waals surface area (Å²) in [5.74, 6) is 0.654. The van der Waals surface area contributed by atoms with Gasteiger partial charge in [0.2, 0.25) is 0 Å². The van der Waals surface area contributed by atoms with Crippen LogP contribution < -0.4 is 4.74 Å². The normalized spacial score (nSPS) is 12.2. The lowest BCUT2D eigenvalue weighted by molar-refractivity contribution is 0.223. The number of benzene rings is 1. The van der Waals surface area contributed by atoms with Gasteiger partial charge in [-0.25, -0.2) is 0 Å². The molecule has 0 saturated carbocycles. The third-order valence-electron chi connectivity index (χ3n) is 1.74. The SMILES string of the molecule is C=CC(O)c1ccc(Br)cc1OC. The number of halogens is 1. The van der Waals surface area contributed by atoms with Gasteiger partial charge in [-0.15, -0.1) is 6.58 Å². The number of hydrogen-bond acceptors (Lipinski definition) is 2. The first-order valence-corrected chi connectivity index (χ1v) is 4.62. The van der Waals surface area contributed by atoms with Crippen LogP contribution in [0.2, 0.25) is 0 Å². The zero-order valence-corrected chi connectivity index (χ0v) is 8.91. The van der Waals surface area contributed by atoms with Gasteiger partial charge < -0.3 is 9.84 Å². The molecule has 1 unspecified atom stereocenters. The second kappa shape index (κ2) is 4.44. The molecule has 0 amide bonds. The number of aliphatic hydroxyl groups is 1. The molecule has 2 nitrogen and oxygen atoms in total. The van der Waals surface area contributed by atoms with E-state index in [1.54, 1.807) is 13.2 Å². The zero-order valence-electron chi connectivity index (χ0n) is 7.33. The first-order chi connectivity index (χ1) is 6.19. The predicted octanol–water partition coefficient (Wildman–Crippen LogP) is 2.68. The molecule has 0 aliphatic rings. The van der Waals surface area contributed by atoms with Crippen LogP contribution in [0.15, 0.2) is 35.3 Å². The Balaban J connectivity index is 3.12. The molecule has 1 aromatic rings. The highest BCUT2D eigenvalue weighted by Gasteiger charge is 2.09. The summed E-state index contributed by atoms with van der Waals surface area (Å²) in [7, 11) is 1.57. The largest absolute Gasteiger partial charge is 0.496 e.